The molecule has 0 aliphatic rings. The van der Waals surface area contributed by atoms with Gasteiger partial charge < -0.3 is 10.2 Å². The van der Waals surface area contributed by atoms with Crippen molar-refractivity contribution in [3.63, 3.8) is 0 Å². The topological polar surface area (TPSA) is 66.4 Å². The molecule has 1 amide bonds. The second-order valence-electron chi connectivity index (χ2n) is 2.16. The molecule has 60 valence electrons. The zero-order valence-corrected chi connectivity index (χ0v) is 7.02. The van der Waals surface area contributed by atoms with Crippen LogP contribution in [-0.4, -0.2) is 23.8 Å². The summed E-state index contributed by atoms with van der Waals surface area (Å²) in [5.74, 6) is -0.198. The van der Waals surface area contributed by atoms with Crippen LogP contribution in [0.1, 0.15) is 13.3 Å². The minimum atomic E-state index is -3.06. The van der Waals surface area contributed by atoms with Crippen LogP contribution in [-0.2, 0) is 9.36 Å². The van der Waals surface area contributed by atoms with Crippen molar-refractivity contribution in [1.82, 2.24) is 5.32 Å². The average Bonchev–Trinajstić information content (AvgIpc) is 1.81. The molecule has 0 saturated carbocycles. The summed E-state index contributed by atoms with van der Waals surface area (Å²) in [6.45, 7) is 2.90. The van der Waals surface area contributed by atoms with E-state index in [1.165, 1.54) is 6.66 Å². The molecule has 0 saturated heterocycles. The fourth-order valence-corrected chi connectivity index (χ4v) is 0.830. The molecule has 0 rings (SSSR count). The highest BCUT2D eigenvalue weighted by Crippen LogP contribution is 2.32. The second kappa shape index (κ2) is 3.74. The van der Waals surface area contributed by atoms with Crippen LogP contribution >= 0.6 is 7.37 Å². The first-order valence-electron chi connectivity index (χ1n) is 3.01. The molecule has 0 bridgehead atoms. The molecule has 0 aromatic rings. The van der Waals surface area contributed by atoms with Crippen LogP contribution in [0.2, 0.25) is 0 Å². The molecule has 0 aliphatic carbocycles. The van der Waals surface area contributed by atoms with Gasteiger partial charge in [-0.1, -0.05) is 6.92 Å². The lowest BCUT2D eigenvalue weighted by molar-refractivity contribution is -0.120. The Bertz CT molecular complexity index is 162. The Morgan fingerprint density at radius 1 is 1.70 bits per heavy atom. The number of carbonyl (C=O) groups is 1. The van der Waals surface area contributed by atoms with Gasteiger partial charge in [0.05, 0.1) is 6.29 Å². The molecule has 0 aliphatic heterocycles. The molecule has 0 fully saturated rings. The number of hydrogen-bond acceptors (Lipinski definition) is 2. The molecule has 2 N–H and O–H groups in total. The number of nitrogens with one attached hydrogen (secondary N) is 1. The SMILES string of the molecule is CCC(=O)NCP(C)(=O)O. The summed E-state index contributed by atoms with van der Waals surface area (Å²) < 4.78 is 10.6. The van der Waals surface area contributed by atoms with Crippen LogP contribution in [0.3, 0.4) is 0 Å². The lowest BCUT2D eigenvalue weighted by atomic mass is 10.5. The van der Waals surface area contributed by atoms with Crippen molar-refractivity contribution in [3.05, 3.63) is 0 Å². The van der Waals surface area contributed by atoms with Crippen molar-refractivity contribution < 1.29 is 14.3 Å². The number of carbonyl (C=O) groups excluding carboxylic acids is 1. The van der Waals surface area contributed by atoms with E-state index >= 15 is 0 Å². The van der Waals surface area contributed by atoms with Crippen LogP contribution < -0.4 is 5.32 Å². The van der Waals surface area contributed by atoms with Gasteiger partial charge in [-0.3, -0.25) is 9.36 Å². The third kappa shape index (κ3) is 5.79. The quantitative estimate of drug-likeness (QED) is 0.594. The Morgan fingerprint density at radius 3 is 2.50 bits per heavy atom. The monoisotopic (exact) mass is 165 g/mol. The molecular formula is C5H12NO3P. The highest BCUT2D eigenvalue weighted by Gasteiger charge is 2.09. The summed E-state index contributed by atoms with van der Waals surface area (Å²) in [7, 11) is -3.06. The fraction of sp³-hybridized carbons (Fsp3) is 0.800. The number of hydrogen-bond donors (Lipinski definition) is 2. The van der Waals surface area contributed by atoms with E-state index < -0.39 is 7.37 Å². The largest absolute Gasteiger partial charge is 0.347 e. The lowest BCUT2D eigenvalue weighted by Gasteiger charge is -2.05. The van der Waals surface area contributed by atoms with E-state index in [9.17, 15) is 9.36 Å². The van der Waals surface area contributed by atoms with Gasteiger partial charge in [-0.05, 0) is 0 Å². The molecule has 0 radical (unpaired) electrons. The smallest absolute Gasteiger partial charge is 0.220 e. The molecular weight excluding hydrogens is 153 g/mol. The molecule has 1 atom stereocenters. The standard InChI is InChI=1S/C5H12NO3P/c1-3-5(7)6-4-10(2,8)9/h3-4H2,1-2H3,(H,6,7)(H,8,9). The van der Waals surface area contributed by atoms with Gasteiger partial charge in [-0.25, -0.2) is 0 Å². The van der Waals surface area contributed by atoms with E-state index in [0.29, 0.717) is 6.42 Å². The minimum Gasteiger partial charge on any atom is -0.347 e. The van der Waals surface area contributed by atoms with Gasteiger partial charge in [0, 0.05) is 13.1 Å². The summed E-state index contributed by atoms with van der Waals surface area (Å²) in [5, 5.41) is 2.32. The molecule has 10 heavy (non-hydrogen) atoms. The van der Waals surface area contributed by atoms with Gasteiger partial charge in [-0.15, -0.1) is 0 Å². The van der Waals surface area contributed by atoms with E-state index in [1.54, 1.807) is 6.92 Å². The Labute approximate surface area is 60.1 Å². The zero-order chi connectivity index (χ0) is 8.20. The third-order valence-electron chi connectivity index (χ3n) is 0.891. The van der Waals surface area contributed by atoms with E-state index in [1.807, 2.05) is 0 Å². The molecule has 1 unspecified atom stereocenters. The first-order valence-corrected chi connectivity index (χ1v) is 5.31. The molecule has 4 nitrogen and oxygen atoms in total. The van der Waals surface area contributed by atoms with Crippen LogP contribution in [0.5, 0.6) is 0 Å². The molecule has 0 spiro atoms. The highest BCUT2D eigenvalue weighted by atomic mass is 31.2. The van der Waals surface area contributed by atoms with E-state index in [2.05, 4.69) is 5.32 Å². The average molecular weight is 165 g/mol. The summed E-state index contributed by atoms with van der Waals surface area (Å²) in [4.78, 5) is 19.2. The molecule has 0 aromatic carbocycles. The highest BCUT2D eigenvalue weighted by molar-refractivity contribution is 7.57. The van der Waals surface area contributed by atoms with Crippen LogP contribution in [0.25, 0.3) is 0 Å². The summed E-state index contributed by atoms with van der Waals surface area (Å²) in [6.07, 6.45) is 0.222. The van der Waals surface area contributed by atoms with E-state index in [0.717, 1.165) is 0 Å². The van der Waals surface area contributed by atoms with Gasteiger partial charge in [0.1, 0.15) is 0 Å². The maximum absolute atomic E-state index is 10.6. The summed E-state index contributed by atoms with van der Waals surface area (Å²) in [6, 6.07) is 0. The van der Waals surface area contributed by atoms with Crippen molar-refractivity contribution in [2.45, 2.75) is 13.3 Å². The lowest BCUT2D eigenvalue weighted by Crippen LogP contribution is -2.22. The second-order valence-corrected chi connectivity index (χ2v) is 4.58. The number of amides is 1. The van der Waals surface area contributed by atoms with Crippen LogP contribution in [0, 0.1) is 0 Å². The first kappa shape index (κ1) is 9.66. The van der Waals surface area contributed by atoms with Crippen molar-refractivity contribution in [2.24, 2.45) is 0 Å². The van der Waals surface area contributed by atoms with Crippen molar-refractivity contribution in [1.29, 1.82) is 0 Å². The van der Waals surface area contributed by atoms with Gasteiger partial charge in [-0.2, -0.15) is 0 Å². The minimum absolute atomic E-state index is 0.125. The first-order chi connectivity index (χ1) is 4.45. The normalized spacial score (nSPS) is 15.9. The fourth-order valence-electron chi connectivity index (χ4n) is 0.360. The van der Waals surface area contributed by atoms with Crippen molar-refractivity contribution in [3.8, 4) is 0 Å². The van der Waals surface area contributed by atoms with Crippen molar-refractivity contribution >= 4 is 13.3 Å². The van der Waals surface area contributed by atoms with E-state index in [4.69, 9.17) is 4.89 Å². The van der Waals surface area contributed by atoms with Gasteiger partial charge in [0.15, 0.2) is 0 Å². The third-order valence-corrected chi connectivity index (χ3v) is 1.64. The Kier molecular flexibility index (Phi) is 3.61. The Balaban J connectivity index is 3.56. The van der Waals surface area contributed by atoms with Gasteiger partial charge in [0.25, 0.3) is 0 Å². The maximum Gasteiger partial charge on any atom is 0.220 e. The number of rotatable bonds is 3. The Morgan fingerprint density at radius 2 is 2.20 bits per heavy atom. The van der Waals surface area contributed by atoms with Gasteiger partial charge in [0.2, 0.25) is 13.3 Å². The molecule has 0 heterocycles. The van der Waals surface area contributed by atoms with Gasteiger partial charge >= 0.3 is 0 Å². The summed E-state index contributed by atoms with van der Waals surface area (Å²) >= 11 is 0. The van der Waals surface area contributed by atoms with Crippen molar-refractivity contribution in [2.75, 3.05) is 13.0 Å². The zero-order valence-electron chi connectivity index (χ0n) is 6.13. The Hall–Kier alpha value is -0.340. The van der Waals surface area contributed by atoms with E-state index in [-0.39, 0.29) is 12.2 Å². The summed E-state index contributed by atoms with van der Waals surface area (Å²) in [5.41, 5.74) is 0. The molecule has 5 heteroatoms. The van der Waals surface area contributed by atoms with Crippen LogP contribution in [0.4, 0.5) is 0 Å². The maximum atomic E-state index is 10.6. The predicted octanol–water partition coefficient (Wildman–Crippen LogP) is 0.370. The molecule has 0 aromatic heterocycles. The van der Waals surface area contributed by atoms with Crippen LogP contribution in [0.15, 0.2) is 0 Å². The predicted molar refractivity (Wildman–Crippen MR) is 39.1 cm³/mol.